The molecule has 0 fully saturated rings. The number of aromatic nitrogens is 2. The van der Waals surface area contributed by atoms with Crippen molar-refractivity contribution in [2.45, 2.75) is 6.92 Å². The Balaban J connectivity index is 1.58. The minimum absolute atomic E-state index is 0.0548. The molecule has 0 saturated heterocycles. The molecule has 0 radical (unpaired) electrons. The van der Waals surface area contributed by atoms with Gasteiger partial charge in [0.05, 0.1) is 0 Å². The van der Waals surface area contributed by atoms with Gasteiger partial charge < -0.3 is 9.26 Å². The van der Waals surface area contributed by atoms with Crippen LogP contribution in [0, 0.1) is 12.7 Å². The first-order valence-electron chi connectivity index (χ1n) is 7.19. The number of carbonyl (C=O) groups is 1. The van der Waals surface area contributed by atoms with Crippen LogP contribution in [0.2, 0.25) is 0 Å². The summed E-state index contributed by atoms with van der Waals surface area (Å²) >= 11 is 0. The number of ether oxygens (including phenoxy) is 1. The number of nitrogens with one attached hydrogen (secondary N) is 1. The number of hydrogen-bond acceptors (Lipinski definition) is 5. The molecule has 6 nitrogen and oxygen atoms in total. The molecule has 0 bridgehead atoms. The minimum atomic E-state index is -0.448. The highest BCUT2D eigenvalue weighted by Crippen LogP contribution is 2.19. The van der Waals surface area contributed by atoms with Crippen molar-refractivity contribution >= 4 is 11.9 Å². The molecular weight excluding hydrogens is 313 g/mol. The van der Waals surface area contributed by atoms with E-state index in [1.807, 2.05) is 31.2 Å². The second kappa shape index (κ2) is 6.91. The SMILES string of the molecule is Cc1cccc(-c2nc(NC(=O)COc3ccc(F)cc3)no2)c1. The van der Waals surface area contributed by atoms with E-state index in [9.17, 15) is 9.18 Å². The van der Waals surface area contributed by atoms with E-state index in [1.165, 1.54) is 24.3 Å². The lowest BCUT2D eigenvalue weighted by Crippen LogP contribution is -2.20. The summed E-state index contributed by atoms with van der Waals surface area (Å²) in [6.45, 7) is 1.70. The van der Waals surface area contributed by atoms with Crippen molar-refractivity contribution in [1.82, 2.24) is 10.1 Å². The fourth-order valence-corrected chi connectivity index (χ4v) is 2.01. The van der Waals surface area contributed by atoms with Crippen molar-refractivity contribution in [3.8, 4) is 17.2 Å². The van der Waals surface area contributed by atoms with Crippen LogP contribution in [0.3, 0.4) is 0 Å². The third-order valence-corrected chi connectivity index (χ3v) is 3.13. The van der Waals surface area contributed by atoms with Gasteiger partial charge in [0, 0.05) is 5.56 Å². The van der Waals surface area contributed by atoms with Crippen molar-refractivity contribution in [1.29, 1.82) is 0 Å². The molecular formula is C17H14FN3O3. The molecule has 0 atom stereocenters. The number of rotatable bonds is 5. The van der Waals surface area contributed by atoms with E-state index < -0.39 is 5.91 Å². The minimum Gasteiger partial charge on any atom is -0.484 e. The Morgan fingerprint density at radius 2 is 2.04 bits per heavy atom. The molecule has 1 heterocycles. The summed E-state index contributed by atoms with van der Waals surface area (Å²) in [5, 5.41) is 6.18. The van der Waals surface area contributed by atoms with Crippen LogP contribution < -0.4 is 10.1 Å². The Labute approximate surface area is 137 Å². The van der Waals surface area contributed by atoms with E-state index in [0.29, 0.717) is 11.6 Å². The second-order valence-corrected chi connectivity index (χ2v) is 5.08. The van der Waals surface area contributed by atoms with Gasteiger partial charge in [-0.05, 0) is 48.5 Å². The molecule has 0 aliphatic rings. The average molecular weight is 327 g/mol. The van der Waals surface area contributed by atoms with Crippen LogP contribution in [0.1, 0.15) is 5.56 Å². The highest BCUT2D eigenvalue weighted by molar-refractivity contribution is 5.90. The Kier molecular flexibility index (Phi) is 4.51. The summed E-state index contributed by atoms with van der Waals surface area (Å²) in [6, 6.07) is 12.9. The number of carbonyl (C=O) groups excluding carboxylic acids is 1. The predicted molar refractivity (Wildman–Crippen MR) is 85.0 cm³/mol. The summed E-state index contributed by atoms with van der Waals surface area (Å²) in [7, 11) is 0. The Morgan fingerprint density at radius 3 is 2.79 bits per heavy atom. The molecule has 24 heavy (non-hydrogen) atoms. The normalized spacial score (nSPS) is 10.4. The third-order valence-electron chi connectivity index (χ3n) is 3.13. The lowest BCUT2D eigenvalue weighted by Gasteiger charge is -2.04. The van der Waals surface area contributed by atoms with Crippen LogP contribution in [0.4, 0.5) is 10.3 Å². The van der Waals surface area contributed by atoms with E-state index in [0.717, 1.165) is 11.1 Å². The molecule has 1 N–H and O–H groups in total. The van der Waals surface area contributed by atoms with Gasteiger partial charge in [0.2, 0.25) is 0 Å². The van der Waals surface area contributed by atoms with Crippen molar-refractivity contribution in [3.05, 3.63) is 59.9 Å². The number of amides is 1. The van der Waals surface area contributed by atoms with Crippen molar-refractivity contribution in [2.75, 3.05) is 11.9 Å². The Hall–Kier alpha value is -3.22. The smallest absolute Gasteiger partial charge is 0.270 e. The summed E-state index contributed by atoms with van der Waals surface area (Å²) in [5.41, 5.74) is 1.83. The third kappa shape index (κ3) is 3.95. The highest BCUT2D eigenvalue weighted by atomic mass is 19.1. The van der Waals surface area contributed by atoms with Gasteiger partial charge in [0.15, 0.2) is 6.61 Å². The number of benzene rings is 2. The fourth-order valence-electron chi connectivity index (χ4n) is 2.01. The molecule has 122 valence electrons. The summed E-state index contributed by atoms with van der Waals surface area (Å²) in [5.74, 6) is -0.0639. The van der Waals surface area contributed by atoms with E-state index in [1.54, 1.807) is 0 Å². The van der Waals surface area contributed by atoms with Gasteiger partial charge in [-0.2, -0.15) is 4.98 Å². The maximum Gasteiger partial charge on any atom is 0.270 e. The molecule has 0 aliphatic heterocycles. The molecule has 0 spiro atoms. The van der Waals surface area contributed by atoms with Crippen LogP contribution >= 0.6 is 0 Å². The number of anilines is 1. The van der Waals surface area contributed by atoms with Crippen LogP contribution in [-0.4, -0.2) is 22.7 Å². The van der Waals surface area contributed by atoms with Crippen molar-refractivity contribution in [2.24, 2.45) is 0 Å². The van der Waals surface area contributed by atoms with Crippen LogP contribution in [0.15, 0.2) is 53.1 Å². The van der Waals surface area contributed by atoms with E-state index in [-0.39, 0.29) is 18.4 Å². The summed E-state index contributed by atoms with van der Waals surface area (Å²) in [4.78, 5) is 15.9. The largest absolute Gasteiger partial charge is 0.484 e. The van der Waals surface area contributed by atoms with Gasteiger partial charge in [-0.1, -0.05) is 17.7 Å². The predicted octanol–water partition coefficient (Wildman–Crippen LogP) is 3.20. The molecule has 1 aromatic heterocycles. The van der Waals surface area contributed by atoms with Gasteiger partial charge in [0.25, 0.3) is 17.7 Å². The highest BCUT2D eigenvalue weighted by Gasteiger charge is 2.12. The van der Waals surface area contributed by atoms with Gasteiger partial charge in [0.1, 0.15) is 11.6 Å². The number of halogens is 1. The van der Waals surface area contributed by atoms with E-state index in [2.05, 4.69) is 15.5 Å². The number of hydrogen-bond donors (Lipinski definition) is 1. The Morgan fingerprint density at radius 1 is 1.25 bits per heavy atom. The van der Waals surface area contributed by atoms with Gasteiger partial charge in [-0.3, -0.25) is 10.1 Å². The maximum atomic E-state index is 12.8. The topological polar surface area (TPSA) is 77.2 Å². The molecule has 0 saturated carbocycles. The molecule has 2 aromatic carbocycles. The van der Waals surface area contributed by atoms with Crippen LogP contribution in [-0.2, 0) is 4.79 Å². The van der Waals surface area contributed by atoms with Crippen molar-refractivity contribution < 1.29 is 18.4 Å². The van der Waals surface area contributed by atoms with Gasteiger partial charge >= 0.3 is 0 Å². The first kappa shape index (κ1) is 15.7. The standard InChI is InChI=1S/C17H14FN3O3/c1-11-3-2-4-12(9-11)16-20-17(21-24-16)19-15(22)10-23-14-7-5-13(18)6-8-14/h2-9H,10H2,1H3,(H,19,21,22). The van der Waals surface area contributed by atoms with Crippen LogP contribution in [0.5, 0.6) is 5.75 Å². The molecule has 3 rings (SSSR count). The van der Waals surface area contributed by atoms with Crippen molar-refractivity contribution in [3.63, 3.8) is 0 Å². The summed E-state index contributed by atoms with van der Waals surface area (Å²) in [6.07, 6.45) is 0. The lowest BCUT2D eigenvalue weighted by molar-refractivity contribution is -0.118. The monoisotopic (exact) mass is 327 g/mol. The van der Waals surface area contributed by atoms with Gasteiger partial charge in [-0.25, -0.2) is 4.39 Å². The average Bonchev–Trinajstić information content (AvgIpc) is 3.03. The number of nitrogens with zero attached hydrogens (tertiary/aromatic N) is 2. The zero-order valence-corrected chi connectivity index (χ0v) is 12.8. The van der Waals surface area contributed by atoms with E-state index >= 15 is 0 Å². The van der Waals surface area contributed by atoms with Gasteiger partial charge in [-0.15, -0.1) is 0 Å². The van der Waals surface area contributed by atoms with Crippen LogP contribution in [0.25, 0.3) is 11.5 Å². The molecule has 7 heteroatoms. The zero-order chi connectivity index (χ0) is 16.9. The molecule has 0 unspecified atom stereocenters. The molecule has 0 aliphatic carbocycles. The summed E-state index contributed by atoms with van der Waals surface area (Å²) < 4.78 is 23.1. The maximum absolute atomic E-state index is 12.8. The molecule has 3 aromatic rings. The molecule has 1 amide bonds. The number of aryl methyl sites for hydroxylation is 1. The zero-order valence-electron chi connectivity index (χ0n) is 12.8. The first-order valence-corrected chi connectivity index (χ1v) is 7.19. The second-order valence-electron chi connectivity index (χ2n) is 5.08. The first-order chi connectivity index (χ1) is 11.6. The quantitative estimate of drug-likeness (QED) is 0.778. The van der Waals surface area contributed by atoms with E-state index in [4.69, 9.17) is 9.26 Å². The fraction of sp³-hybridized carbons (Fsp3) is 0.118. The lowest BCUT2D eigenvalue weighted by atomic mass is 10.1. The Bertz CT molecular complexity index is 846.